The van der Waals surface area contributed by atoms with Crippen molar-refractivity contribution >= 4 is 70.9 Å². The van der Waals surface area contributed by atoms with E-state index in [1.54, 1.807) is 0 Å². The van der Waals surface area contributed by atoms with Gasteiger partial charge in [-0.25, -0.2) is 0 Å². The summed E-state index contributed by atoms with van der Waals surface area (Å²) in [5.41, 5.74) is 15.6. The van der Waals surface area contributed by atoms with E-state index >= 15 is 0 Å². The number of para-hydroxylation sites is 2. The van der Waals surface area contributed by atoms with Gasteiger partial charge in [0.1, 0.15) is 6.17 Å². The first-order valence-corrected chi connectivity index (χ1v) is 23.0. The topological polar surface area (TPSA) is 13.1 Å². The van der Waals surface area contributed by atoms with Crippen LogP contribution in [0.2, 0.25) is 0 Å². The van der Waals surface area contributed by atoms with Gasteiger partial charge in [-0.2, -0.15) is 0 Å². The normalized spacial score (nSPS) is 18.2. The average Bonchev–Trinajstić information content (AvgIpc) is 3.91. The van der Waals surface area contributed by atoms with Gasteiger partial charge < -0.3 is 14.0 Å². The summed E-state index contributed by atoms with van der Waals surface area (Å²) in [5, 5.41) is 10.3. The van der Waals surface area contributed by atoms with Crippen LogP contribution in [-0.2, 0) is 5.41 Å². The molecule has 1 aliphatic heterocycles. The van der Waals surface area contributed by atoms with Crippen LogP contribution >= 0.6 is 0 Å². The van der Waals surface area contributed by atoms with Crippen molar-refractivity contribution in [2.24, 2.45) is 5.92 Å². The molecule has 13 rings (SSSR count). The Morgan fingerprint density at radius 2 is 1.05 bits per heavy atom. The predicted octanol–water partition coefficient (Wildman–Crippen LogP) is 15.8. The second kappa shape index (κ2) is 13.8. The Kier molecular flexibility index (Phi) is 8.04. The van der Waals surface area contributed by atoms with E-state index in [0.717, 1.165) is 6.42 Å². The Balaban J connectivity index is 1.11. The molecule has 0 spiro atoms. The Morgan fingerprint density at radius 3 is 1.70 bits per heavy atom. The second-order valence-electron chi connectivity index (χ2n) is 18.9. The highest BCUT2D eigenvalue weighted by Crippen LogP contribution is 2.62. The zero-order chi connectivity index (χ0) is 42.8. The smallest absolute Gasteiger partial charge is 0.110 e. The van der Waals surface area contributed by atoms with Crippen LogP contribution in [0.5, 0.6) is 0 Å². The average molecular weight is 824 g/mol. The zero-order valence-corrected chi connectivity index (χ0v) is 36.8. The summed E-state index contributed by atoms with van der Waals surface area (Å²) in [5.74, 6) is 0.378. The van der Waals surface area contributed by atoms with Crippen LogP contribution < -0.4 is 0 Å². The maximum atomic E-state index is 2.75. The Hall–Kier alpha value is -7.36. The van der Waals surface area contributed by atoms with Gasteiger partial charge in [0.2, 0.25) is 0 Å². The number of rotatable bonds is 5. The third kappa shape index (κ3) is 5.21. The number of aromatic nitrogens is 2. The summed E-state index contributed by atoms with van der Waals surface area (Å²) < 4.78 is 5.19. The Labute approximate surface area is 374 Å². The van der Waals surface area contributed by atoms with E-state index in [1.165, 1.54) is 110 Å². The number of nitrogens with zero attached hydrogens (tertiary/aromatic N) is 3. The van der Waals surface area contributed by atoms with E-state index in [0.29, 0.717) is 0 Å². The van der Waals surface area contributed by atoms with Crippen molar-refractivity contribution in [2.75, 3.05) is 7.05 Å². The maximum absolute atomic E-state index is 2.75. The number of fused-ring (bicyclic) bond motifs is 10. The third-order valence-electron chi connectivity index (χ3n) is 15.2. The van der Waals surface area contributed by atoms with Crippen LogP contribution in [0.1, 0.15) is 56.0 Å². The van der Waals surface area contributed by atoms with E-state index in [9.17, 15) is 0 Å². The van der Waals surface area contributed by atoms with Crippen molar-refractivity contribution in [3.63, 3.8) is 0 Å². The fraction of sp³-hybridized carbons (Fsp3) is 0.148. The van der Waals surface area contributed by atoms with Gasteiger partial charge in [-0.1, -0.05) is 154 Å². The molecule has 3 unspecified atom stereocenters. The number of allylic oxidation sites excluding steroid dienone is 1. The molecule has 3 nitrogen and oxygen atoms in total. The summed E-state index contributed by atoms with van der Waals surface area (Å²) in [7, 11) is 2.39. The van der Waals surface area contributed by atoms with E-state index in [2.05, 4.69) is 236 Å². The molecular weight excluding hydrogens is 775 g/mol. The van der Waals surface area contributed by atoms with Crippen molar-refractivity contribution in [1.29, 1.82) is 0 Å². The number of hydrogen-bond donors (Lipinski definition) is 0. The molecule has 0 radical (unpaired) electrons. The summed E-state index contributed by atoms with van der Waals surface area (Å²) >= 11 is 0. The molecule has 0 N–H and O–H groups in total. The van der Waals surface area contributed by atoms with Crippen molar-refractivity contribution < 1.29 is 0 Å². The molecule has 0 fully saturated rings. The van der Waals surface area contributed by atoms with Gasteiger partial charge in [0.25, 0.3) is 0 Å². The van der Waals surface area contributed by atoms with Gasteiger partial charge >= 0.3 is 0 Å². The minimum absolute atomic E-state index is 0.0213. The first-order chi connectivity index (χ1) is 31.4. The van der Waals surface area contributed by atoms with Gasteiger partial charge in [-0.3, -0.25) is 0 Å². The zero-order valence-electron chi connectivity index (χ0n) is 36.8. The number of benzene rings is 9. The highest BCUT2D eigenvalue weighted by atomic mass is 15.3. The molecule has 3 heteroatoms. The van der Waals surface area contributed by atoms with Gasteiger partial charge in [0.15, 0.2) is 0 Å². The molecule has 11 aromatic rings. The fourth-order valence-corrected chi connectivity index (χ4v) is 12.4. The molecule has 0 amide bonds. The minimum Gasteiger partial charge on any atom is -0.353 e. The first-order valence-electron chi connectivity index (χ1n) is 23.0. The quantitative estimate of drug-likeness (QED) is 0.169. The standard InChI is InChI=1S/C61H49N3/c1-5-46-57(44-29-31-54-49(34-44)47-26-16-17-27-53(47)63(54)45-24-10-7-11-25-45)58-59(48-30-28-43(35-52(48)61(58,2)3)38-18-8-6-9-19-38)62(4)60(46)64-55-36-41-22-14-12-20-39(41)32-50(55)51-33-40-21-13-15-23-42(40)37-56(51)64/h6-37,46,57,60H,5H2,1-4H3. The van der Waals surface area contributed by atoms with Gasteiger partial charge in [0, 0.05) is 62.8 Å². The molecule has 9 aromatic carbocycles. The predicted molar refractivity (Wildman–Crippen MR) is 270 cm³/mol. The molecule has 0 saturated heterocycles. The molecule has 0 bridgehead atoms. The lowest BCUT2D eigenvalue weighted by molar-refractivity contribution is 0.139. The SMILES string of the molecule is CCC1C(c2ccc3c(c2)c2ccccc2n3-c2ccccc2)C2=C(c3ccc(-c4ccccc4)cc3C2(C)C)N(C)C1n1c2cc3ccccc3cc2c2cc3ccccc3cc21. The molecular formula is C61H49N3. The van der Waals surface area contributed by atoms with Crippen LogP contribution in [-0.4, -0.2) is 21.1 Å². The summed E-state index contributed by atoms with van der Waals surface area (Å²) in [6.45, 7) is 7.43. The van der Waals surface area contributed by atoms with Crippen molar-refractivity contribution in [3.05, 3.63) is 216 Å². The van der Waals surface area contributed by atoms with Crippen molar-refractivity contribution in [2.45, 2.75) is 44.7 Å². The molecule has 2 aliphatic rings. The lowest BCUT2D eigenvalue weighted by atomic mass is 9.66. The van der Waals surface area contributed by atoms with Crippen LogP contribution in [0, 0.1) is 5.92 Å². The molecule has 3 heterocycles. The van der Waals surface area contributed by atoms with Crippen molar-refractivity contribution in [3.8, 4) is 16.8 Å². The third-order valence-corrected chi connectivity index (χ3v) is 15.2. The first kappa shape index (κ1) is 37.2. The molecule has 2 aromatic heterocycles. The molecule has 3 atom stereocenters. The van der Waals surface area contributed by atoms with E-state index in [1.807, 2.05) is 0 Å². The fourth-order valence-electron chi connectivity index (χ4n) is 12.4. The van der Waals surface area contributed by atoms with Gasteiger partial charge in [-0.05, 0) is 116 Å². The van der Waals surface area contributed by atoms with E-state index in [4.69, 9.17) is 0 Å². The van der Waals surface area contributed by atoms with E-state index < -0.39 is 0 Å². The monoisotopic (exact) mass is 823 g/mol. The van der Waals surface area contributed by atoms with Gasteiger partial charge in [0.05, 0.1) is 22.1 Å². The molecule has 64 heavy (non-hydrogen) atoms. The lowest BCUT2D eigenvalue weighted by Gasteiger charge is -2.49. The van der Waals surface area contributed by atoms with Crippen LogP contribution in [0.3, 0.4) is 0 Å². The van der Waals surface area contributed by atoms with E-state index in [-0.39, 0.29) is 23.4 Å². The Bertz CT molecular complexity index is 3620. The highest BCUT2D eigenvalue weighted by Gasteiger charge is 2.52. The maximum Gasteiger partial charge on any atom is 0.110 e. The van der Waals surface area contributed by atoms with Crippen LogP contribution in [0.25, 0.3) is 87.7 Å². The largest absolute Gasteiger partial charge is 0.353 e. The van der Waals surface area contributed by atoms with Gasteiger partial charge in [-0.15, -0.1) is 0 Å². The Morgan fingerprint density at radius 1 is 0.484 bits per heavy atom. The van der Waals surface area contributed by atoms with Crippen LogP contribution in [0.4, 0.5) is 0 Å². The number of hydrogen-bond acceptors (Lipinski definition) is 1. The summed E-state index contributed by atoms with van der Waals surface area (Å²) in [6, 6.07) is 73.1. The summed E-state index contributed by atoms with van der Waals surface area (Å²) in [4.78, 5) is 2.69. The highest BCUT2D eigenvalue weighted by molar-refractivity contribution is 6.16. The van der Waals surface area contributed by atoms with Crippen LogP contribution in [0.15, 0.2) is 200 Å². The molecule has 1 aliphatic carbocycles. The summed E-state index contributed by atoms with van der Waals surface area (Å²) in [6.07, 6.45) is 1.03. The molecule has 308 valence electrons. The second-order valence-corrected chi connectivity index (χ2v) is 18.9. The van der Waals surface area contributed by atoms with Crippen molar-refractivity contribution in [1.82, 2.24) is 14.0 Å². The lowest BCUT2D eigenvalue weighted by Crippen LogP contribution is -2.43. The minimum atomic E-state index is -0.229. The molecule has 0 saturated carbocycles.